The summed E-state index contributed by atoms with van der Waals surface area (Å²) >= 11 is 0. The summed E-state index contributed by atoms with van der Waals surface area (Å²) in [5.41, 5.74) is 0. The van der Waals surface area contributed by atoms with Crippen molar-refractivity contribution >= 4 is 0 Å². The molecule has 0 aromatic carbocycles. The molecule has 54 valence electrons. The number of hydrogen-bond acceptors (Lipinski definition) is 3. The molecule has 0 aromatic heterocycles. The van der Waals surface area contributed by atoms with E-state index in [1.54, 1.807) is 0 Å². The fourth-order valence-electron chi connectivity index (χ4n) is 0. The molecule has 0 radical (unpaired) electrons. The summed E-state index contributed by atoms with van der Waals surface area (Å²) in [6.07, 6.45) is 0. The van der Waals surface area contributed by atoms with E-state index < -0.39 is 0 Å². The van der Waals surface area contributed by atoms with Crippen LogP contribution in [0.1, 0.15) is 0 Å². The van der Waals surface area contributed by atoms with Crippen molar-refractivity contribution in [2.24, 2.45) is 0 Å². The van der Waals surface area contributed by atoms with Gasteiger partial charge in [-0.3, -0.25) is 0 Å². The van der Waals surface area contributed by atoms with Gasteiger partial charge in [0.05, 0.1) is 0 Å². The third-order valence-electron chi connectivity index (χ3n) is 0. The first-order chi connectivity index (χ1) is 3.00. The standard InChI is InChI=1S/3CH4O.BrH.Ti/c3*1-2;;/h3*2H,1H3;1H;/p-1. The molecular weight excluding hydrogens is 212 g/mol. The molecule has 0 atom stereocenters. The third-order valence-corrected chi connectivity index (χ3v) is 0. The smallest absolute Gasteiger partial charge is 0.0319 e. The average molecular weight is 224 g/mol. The Morgan fingerprint density at radius 2 is 0.625 bits per heavy atom. The van der Waals surface area contributed by atoms with Gasteiger partial charge in [-0.15, -0.1) is 0 Å². The molecule has 0 saturated heterocycles. The third kappa shape index (κ3) is 226. The van der Waals surface area contributed by atoms with Crippen LogP contribution in [0.2, 0.25) is 0 Å². The van der Waals surface area contributed by atoms with Crippen molar-refractivity contribution < 1.29 is 54.0 Å². The van der Waals surface area contributed by atoms with Gasteiger partial charge in [0.1, 0.15) is 0 Å². The van der Waals surface area contributed by atoms with Gasteiger partial charge in [-0.05, 0) is 0 Å². The molecule has 0 bridgehead atoms. The molecule has 0 aromatic rings. The quantitative estimate of drug-likeness (QED) is 0.366. The predicted octanol–water partition coefficient (Wildman–Crippen LogP) is -4.17. The van der Waals surface area contributed by atoms with E-state index >= 15 is 0 Å². The minimum absolute atomic E-state index is 0. The minimum atomic E-state index is 0. The predicted molar refractivity (Wildman–Crippen MR) is 24.4 cm³/mol. The largest absolute Gasteiger partial charge is 1.00 e. The molecule has 0 aliphatic rings. The van der Waals surface area contributed by atoms with Gasteiger partial charge in [0.25, 0.3) is 0 Å². The Balaban J connectivity index is -0.00000000500. The second-order valence-corrected chi connectivity index (χ2v) is 0. The van der Waals surface area contributed by atoms with Crippen LogP contribution < -0.4 is 17.0 Å². The van der Waals surface area contributed by atoms with Gasteiger partial charge < -0.3 is 32.3 Å². The Labute approximate surface area is 75.4 Å². The van der Waals surface area contributed by atoms with Crippen molar-refractivity contribution in [2.75, 3.05) is 21.3 Å². The van der Waals surface area contributed by atoms with Crippen LogP contribution in [0.15, 0.2) is 0 Å². The van der Waals surface area contributed by atoms with Crippen molar-refractivity contribution in [3.8, 4) is 0 Å². The number of aliphatic hydroxyl groups is 3. The van der Waals surface area contributed by atoms with E-state index in [4.69, 9.17) is 15.3 Å². The summed E-state index contributed by atoms with van der Waals surface area (Å²) < 4.78 is 0. The maximum atomic E-state index is 7.00. The topological polar surface area (TPSA) is 60.7 Å². The van der Waals surface area contributed by atoms with Crippen molar-refractivity contribution in [1.29, 1.82) is 0 Å². The van der Waals surface area contributed by atoms with Crippen LogP contribution >= 0.6 is 0 Å². The molecule has 0 aliphatic carbocycles. The first-order valence-corrected chi connectivity index (χ1v) is 1.34. The summed E-state index contributed by atoms with van der Waals surface area (Å²) in [7, 11) is 3.00. The van der Waals surface area contributed by atoms with Crippen LogP contribution in [-0.2, 0) is 21.7 Å². The van der Waals surface area contributed by atoms with Crippen molar-refractivity contribution in [1.82, 2.24) is 0 Å². The normalized spacial score (nSPS) is 2.25. The van der Waals surface area contributed by atoms with Gasteiger partial charge in [-0.25, -0.2) is 0 Å². The second-order valence-electron chi connectivity index (χ2n) is 0. The zero-order chi connectivity index (χ0) is 6.00. The summed E-state index contributed by atoms with van der Waals surface area (Å²) in [5, 5.41) is 21.0. The molecule has 0 saturated carbocycles. The Morgan fingerprint density at radius 3 is 0.625 bits per heavy atom. The van der Waals surface area contributed by atoms with E-state index in [0.717, 1.165) is 21.3 Å². The van der Waals surface area contributed by atoms with Gasteiger partial charge in [-0.2, -0.15) is 0 Å². The van der Waals surface area contributed by atoms with E-state index in [9.17, 15) is 0 Å². The SMILES string of the molecule is CO.CO.CO.[Br-].[Ti]. The molecule has 0 fully saturated rings. The number of rotatable bonds is 0. The molecule has 0 heterocycles. The first-order valence-electron chi connectivity index (χ1n) is 1.34. The fraction of sp³-hybridized carbons (Fsp3) is 1.00. The molecule has 8 heavy (non-hydrogen) atoms. The van der Waals surface area contributed by atoms with Crippen LogP contribution in [0.4, 0.5) is 0 Å². The van der Waals surface area contributed by atoms with Gasteiger partial charge in [-0.1, -0.05) is 0 Å². The minimum Gasteiger partial charge on any atom is -1.00 e. The van der Waals surface area contributed by atoms with Gasteiger partial charge in [0.2, 0.25) is 0 Å². The van der Waals surface area contributed by atoms with Crippen LogP contribution in [0.25, 0.3) is 0 Å². The van der Waals surface area contributed by atoms with Gasteiger partial charge in [0.15, 0.2) is 0 Å². The molecule has 0 rings (SSSR count). The number of halogens is 1. The van der Waals surface area contributed by atoms with Crippen molar-refractivity contribution in [2.45, 2.75) is 0 Å². The zero-order valence-corrected chi connectivity index (χ0v) is 8.37. The van der Waals surface area contributed by atoms with E-state index in [-0.39, 0.29) is 38.7 Å². The Kier molecular flexibility index (Phi) is 1560. The Morgan fingerprint density at radius 1 is 0.625 bits per heavy atom. The van der Waals surface area contributed by atoms with Crippen LogP contribution in [0, 0.1) is 0 Å². The molecular formula is C3H12BrO3Ti-. The maximum Gasteiger partial charge on any atom is 0.0319 e. The molecule has 5 heteroatoms. The Bertz CT molecular complexity index is 14.5. The fourth-order valence-corrected chi connectivity index (χ4v) is 0. The summed E-state index contributed by atoms with van der Waals surface area (Å²) in [6.45, 7) is 0. The monoisotopic (exact) mass is 223 g/mol. The van der Waals surface area contributed by atoms with Crippen LogP contribution in [-0.4, -0.2) is 36.6 Å². The Hall–Kier alpha value is 1.07. The zero-order valence-electron chi connectivity index (χ0n) is 5.22. The molecule has 0 aliphatic heterocycles. The molecule has 3 N–H and O–H groups in total. The van der Waals surface area contributed by atoms with Gasteiger partial charge in [0, 0.05) is 43.0 Å². The van der Waals surface area contributed by atoms with E-state index in [1.165, 1.54) is 0 Å². The molecule has 0 spiro atoms. The average Bonchev–Trinajstić information content (AvgIpc) is 1.81. The van der Waals surface area contributed by atoms with Gasteiger partial charge >= 0.3 is 0 Å². The van der Waals surface area contributed by atoms with Crippen LogP contribution in [0.3, 0.4) is 0 Å². The first kappa shape index (κ1) is 35.6. The van der Waals surface area contributed by atoms with Crippen molar-refractivity contribution in [3.63, 3.8) is 0 Å². The number of hydrogen-bond donors (Lipinski definition) is 3. The van der Waals surface area contributed by atoms with E-state index in [2.05, 4.69) is 0 Å². The molecule has 3 nitrogen and oxygen atoms in total. The van der Waals surface area contributed by atoms with Crippen LogP contribution in [0.5, 0.6) is 0 Å². The van der Waals surface area contributed by atoms with E-state index in [0.29, 0.717) is 0 Å². The maximum absolute atomic E-state index is 7.00. The van der Waals surface area contributed by atoms with Crippen molar-refractivity contribution in [3.05, 3.63) is 0 Å². The van der Waals surface area contributed by atoms with E-state index in [1.807, 2.05) is 0 Å². The summed E-state index contributed by atoms with van der Waals surface area (Å²) in [6, 6.07) is 0. The summed E-state index contributed by atoms with van der Waals surface area (Å²) in [5.74, 6) is 0. The second kappa shape index (κ2) is 350. The molecule has 0 amide bonds. The summed E-state index contributed by atoms with van der Waals surface area (Å²) in [4.78, 5) is 0. The number of aliphatic hydroxyl groups excluding tert-OH is 3. The molecule has 0 unspecified atom stereocenters.